The summed E-state index contributed by atoms with van der Waals surface area (Å²) >= 11 is 5.71. The van der Waals surface area contributed by atoms with Crippen LogP contribution in [0.2, 0.25) is 0 Å². The minimum atomic E-state index is -4.35. The summed E-state index contributed by atoms with van der Waals surface area (Å²) in [6.45, 7) is 3.96. The van der Waals surface area contributed by atoms with E-state index in [0.717, 1.165) is 18.7 Å². The van der Waals surface area contributed by atoms with E-state index in [4.69, 9.17) is 11.6 Å². The normalized spacial score (nSPS) is 15.2. The number of hydrogen-bond acceptors (Lipinski definition) is 2. The Bertz CT molecular complexity index is 378. The molecule has 0 fully saturated rings. The van der Waals surface area contributed by atoms with Crippen molar-refractivity contribution < 1.29 is 13.2 Å². The molecule has 1 N–H and O–H groups in total. The van der Waals surface area contributed by atoms with Crippen LogP contribution >= 0.6 is 11.6 Å². The van der Waals surface area contributed by atoms with Gasteiger partial charge in [0.15, 0.2) is 0 Å². The average Bonchev–Trinajstić information content (AvgIpc) is 2.29. The first-order valence-corrected chi connectivity index (χ1v) is 6.21. The zero-order valence-electron chi connectivity index (χ0n) is 10.3. The molecule has 1 unspecified atom stereocenters. The van der Waals surface area contributed by atoms with Crippen LogP contribution in [0.4, 0.5) is 19.0 Å². The summed E-state index contributed by atoms with van der Waals surface area (Å²) in [6.07, 6.45) is -2.00. The Morgan fingerprint density at radius 2 is 2.00 bits per heavy atom. The van der Waals surface area contributed by atoms with Gasteiger partial charge < -0.3 is 5.32 Å². The third kappa shape index (κ3) is 4.05. The fraction of sp³-hybridized carbons (Fsp3) is 0.583. The van der Waals surface area contributed by atoms with Gasteiger partial charge in [-0.3, -0.25) is 0 Å². The maximum atomic E-state index is 12.4. The average molecular weight is 281 g/mol. The van der Waals surface area contributed by atoms with Gasteiger partial charge >= 0.3 is 6.18 Å². The van der Waals surface area contributed by atoms with E-state index in [0.29, 0.717) is 18.1 Å². The van der Waals surface area contributed by atoms with E-state index in [1.165, 1.54) is 6.07 Å². The second-order valence-corrected chi connectivity index (χ2v) is 4.79. The van der Waals surface area contributed by atoms with Gasteiger partial charge in [0, 0.05) is 17.6 Å². The molecule has 0 saturated carbocycles. The van der Waals surface area contributed by atoms with Gasteiger partial charge in [0.2, 0.25) is 0 Å². The molecule has 1 aromatic rings. The molecule has 0 aliphatic rings. The van der Waals surface area contributed by atoms with Crippen LogP contribution in [0.3, 0.4) is 0 Å². The number of anilines is 1. The largest absolute Gasteiger partial charge is 0.417 e. The quantitative estimate of drug-likeness (QED) is 0.813. The van der Waals surface area contributed by atoms with Gasteiger partial charge in [-0.1, -0.05) is 6.92 Å². The van der Waals surface area contributed by atoms with E-state index < -0.39 is 11.7 Å². The Balaban J connectivity index is 2.80. The molecular formula is C12H16ClF3N2. The van der Waals surface area contributed by atoms with E-state index in [-0.39, 0.29) is 5.54 Å². The van der Waals surface area contributed by atoms with Crippen molar-refractivity contribution in [2.24, 2.45) is 0 Å². The second kappa shape index (κ2) is 5.78. The van der Waals surface area contributed by atoms with Crippen molar-refractivity contribution >= 4 is 17.4 Å². The predicted octanol–water partition coefficient (Wildman–Crippen LogP) is 4.31. The van der Waals surface area contributed by atoms with Crippen LogP contribution in [0.1, 0.15) is 32.3 Å². The van der Waals surface area contributed by atoms with Gasteiger partial charge in [0.25, 0.3) is 0 Å². The minimum Gasteiger partial charge on any atom is -0.365 e. The zero-order chi connectivity index (χ0) is 13.8. The number of pyridine rings is 1. The Hall–Kier alpha value is -0.970. The second-order valence-electron chi connectivity index (χ2n) is 4.41. The third-order valence-electron chi connectivity index (χ3n) is 2.95. The van der Waals surface area contributed by atoms with Crippen molar-refractivity contribution in [2.45, 2.75) is 38.4 Å². The highest BCUT2D eigenvalue weighted by Crippen LogP contribution is 2.29. The van der Waals surface area contributed by atoms with Crippen LogP contribution in [-0.2, 0) is 6.18 Å². The molecular weight excluding hydrogens is 265 g/mol. The molecule has 6 heteroatoms. The van der Waals surface area contributed by atoms with Crippen molar-refractivity contribution in [1.82, 2.24) is 4.98 Å². The van der Waals surface area contributed by atoms with Gasteiger partial charge in [0.05, 0.1) is 5.56 Å². The van der Waals surface area contributed by atoms with Crippen LogP contribution in [0, 0.1) is 0 Å². The number of halogens is 4. The summed E-state index contributed by atoms with van der Waals surface area (Å²) in [6, 6.07) is 2.36. The highest BCUT2D eigenvalue weighted by molar-refractivity contribution is 6.17. The minimum absolute atomic E-state index is 0.255. The Morgan fingerprint density at radius 3 is 2.39 bits per heavy atom. The topological polar surface area (TPSA) is 24.9 Å². The SMILES string of the molecule is CCC(C)(CCCl)Nc1ccc(C(F)(F)F)cn1. The lowest BCUT2D eigenvalue weighted by molar-refractivity contribution is -0.137. The van der Waals surface area contributed by atoms with Crippen molar-refractivity contribution in [1.29, 1.82) is 0 Å². The van der Waals surface area contributed by atoms with Gasteiger partial charge in [-0.05, 0) is 31.9 Å². The van der Waals surface area contributed by atoms with E-state index >= 15 is 0 Å². The molecule has 1 aromatic heterocycles. The van der Waals surface area contributed by atoms with Crippen LogP contribution in [-0.4, -0.2) is 16.4 Å². The maximum absolute atomic E-state index is 12.4. The molecule has 0 saturated heterocycles. The summed E-state index contributed by atoms with van der Waals surface area (Å²) < 4.78 is 37.1. The lowest BCUT2D eigenvalue weighted by Crippen LogP contribution is -2.34. The predicted molar refractivity (Wildman–Crippen MR) is 66.9 cm³/mol. The molecule has 102 valence electrons. The Morgan fingerprint density at radius 1 is 1.33 bits per heavy atom. The first kappa shape index (κ1) is 15.1. The highest BCUT2D eigenvalue weighted by atomic mass is 35.5. The summed E-state index contributed by atoms with van der Waals surface area (Å²) in [5.74, 6) is 0.912. The molecule has 0 amide bonds. The molecule has 1 rings (SSSR count). The Labute approximate surface area is 110 Å². The smallest absolute Gasteiger partial charge is 0.365 e. The molecule has 0 aliphatic carbocycles. The summed E-state index contributed by atoms with van der Waals surface area (Å²) in [7, 11) is 0. The van der Waals surface area contributed by atoms with Gasteiger partial charge in [0.1, 0.15) is 5.82 Å². The molecule has 0 aliphatic heterocycles. The van der Waals surface area contributed by atoms with Crippen molar-refractivity contribution in [3.05, 3.63) is 23.9 Å². The van der Waals surface area contributed by atoms with Crippen LogP contribution in [0.25, 0.3) is 0 Å². The standard InChI is InChI=1S/C12H16ClF3N2/c1-3-11(2,6-7-13)18-10-5-4-9(8-17-10)12(14,15)16/h4-5,8H,3,6-7H2,1-2H3,(H,17,18). The molecule has 0 aromatic carbocycles. The van der Waals surface area contributed by atoms with Crippen LogP contribution in [0.5, 0.6) is 0 Å². The number of nitrogens with one attached hydrogen (secondary N) is 1. The monoisotopic (exact) mass is 280 g/mol. The fourth-order valence-electron chi connectivity index (χ4n) is 1.48. The molecule has 0 bridgehead atoms. The molecule has 18 heavy (non-hydrogen) atoms. The van der Waals surface area contributed by atoms with E-state index in [9.17, 15) is 13.2 Å². The lowest BCUT2D eigenvalue weighted by atomic mass is 9.95. The molecule has 0 radical (unpaired) electrons. The third-order valence-corrected chi connectivity index (χ3v) is 3.14. The number of aromatic nitrogens is 1. The van der Waals surface area contributed by atoms with Crippen molar-refractivity contribution in [2.75, 3.05) is 11.2 Å². The van der Waals surface area contributed by atoms with Crippen LogP contribution < -0.4 is 5.32 Å². The van der Waals surface area contributed by atoms with Gasteiger partial charge in [-0.25, -0.2) is 4.98 Å². The summed E-state index contributed by atoms with van der Waals surface area (Å²) in [4.78, 5) is 3.79. The Kier molecular flexibility index (Phi) is 4.85. The number of nitrogens with zero attached hydrogens (tertiary/aromatic N) is 1. The number of rotatable bonds is 5. The van der Waals surface area contributed by atoms with Gasteiger partial charge in [-0.2, -0.15) is 13.2 Å². The molecule has 2 nitrogen and oxygen atoms in total. The molecule has 1 atom stereocenters. The van der Waals surface area contributed by atoms with Crippen molar-refractivity contribution in [3.63, 3.8) is 0 Å². The maximum Gasteiger partial charge on any atom is 0.417 e. The lowest BCUT2D eigenvalue weighted by Gasteiger charge is -2.29. The summed E-state index contributed by atoms with van der Waals surface area (Å²) in [5.41, 5.74) is -1.00. The zero-order valence-corrected chi connectivity index (χ0v) is 11.1. The molecule has 1 heterocycles. The van der Waals surface area contributed by atoms with E-state index in [2.05, 4.69) is 10.3 Å². The van der Waals surface area contributed by atoms with E-state index in [1.807, 2.05) is 13.8 Å². The van der Waals surface area contributed by atoms with Gasteiger partial charge in [-0.15, -0.1) is 11.6 Å². The van der Waals surface area contributed by atoms with E-state index in [1.54, 1.807) is 0 Å². The number of alkyl halides is 4. The van der Waals surface area contributed by atoms with Crippen LogP contribution in [0.15, 0.2) is 18.3 Å². The first-order chi connectivity index (χ1) is 8.30. The number of hydrogen-bond donors (Lipinski definition) is 1. The molecule has 0 spiro atoms. The first-order valence-electron chi connectivity index (χ1n) is 5.68. The highest BCUT2D eigenvalue weighted by Gasteiger charge is 2.31. The van der Waals surface area contributed by atoms with Crippen molar-refractivity contribution in [3.8, 4) is 0 Å². The summed E-state index contributed by atoms with van der Waals surface area (Å²) in [5, 5.41) is 3.12. The fourth-order valence-corrected chi connectivity index (χ4v) is 1.90.